The van der Waals surface area contributed by atoms with Crippen molar-refractivity contribution in [2.24, 2.45) is 0 Å². The van der Waals surface area contributed by atoms with E-state index >= 15 is 0 Å². The number of nitriles is 1. The van der Waals surface area contributed by atoms with Gasteiger partial charge in [0.2, 0.25) is 0 Å². The lowest BCUT2D eigenvalue weighted by molar-refractivity contribution is 0.678. The lowest BCUT2D eigenvalue weighted by atomic mass is 9.98. The molecular weight excluding hydrogens is 374 g/mol. The van der Waals surface area contributed by atoms with Gasteiger partial charge in [0.05, 0.1) is 23.4 Å². The van der Waals surface area contributed by atoms with Crippen molar-refractivity contribution in [1.29, 1.82) is 5.26 Å². The minimum absolute atomic E-state index is 0.0214. The lowest BCUT2D eigenvalue weighted by Gasteiger charge is -2.25. The Morgan fingerprint density at radius 2 is 2.10 bits per heavy atom. The molecule has 3 aromatic rings. The van der Waals surface area contributed by atoms with E-state index in [0.717, 1.165) is 58.7 Å². The fourth-order valence-electron chi connectivity index (χ4n) is 4.14. The van der Waals surface area contributed by atoms with Crippen molar-refractivity contribution in [3.8, 4) is 6.07 Å². The van der Waals surface area contributed by atoms with Gasteiger partial charge in [-0.1, -0.05) is 12.1 Å². The van der Waals surface area contributed by atoms with Crippen LogP contribution in [0, 0.1) is 25.2 Å². The second-order valence-electron chi connectivity index (χ2n) is 7.98. The van der Waals surface area contributed by atoms with Gasteiger partial charge in [-0.2, -0.15) is 10.4 Å². The molecule has 4 rings (SSSR count). The number of rotatable bonds is 5. The molecule has 0 saturated carbocycles. The first-order valence-corrected chi connectivity index (χ1v) is 10.3. The Labute approximate surface area is 177 Å². The molecule has 1 aliphatic heterocycles. The first-order valence-electron chi connectivity index (χ1n) is 10.3. The van der Waals surface area contributed by atoms with Gasteiger partial charge in [-0.05, 0) is 57.0 Å². The number of likely N-dealkylation sites (N-methyl/N-ethyl adjacent to an activating group) is 1. The number of anilines is 2. The Morgan fingerprint density at radius 1 is 1.27 bits per heavy atom. The maximum absolute atomic E-state index is 9.35. The molecule has 0 spiro atoms. The molecule has 30 heavy (non-hydrogen) atoms. The van der Waals surface area contributed by atoms with Crippen LogP contribution >= 0.6 is 0 Å². The highest BCUT2D eigenvalue weighted by Gasteiger charge is 2.21. The molecular formula is C23H27N7. The third-order valence-electron chi connectivity index (χ3n) is 6.09. The molecule has 7 nitrogen and oxygen atoms in total. The number of benzene rings is 1. The number of nitrogens with one attached hydrogen (secondary N) is 2. The first kappa shape index (κ1) is 20.0. The number of pyridine rings is 1. The van der Waals surface area contributed by atoms with Crippen LogP contribution in [-0.2, 0) is 0 Å². The van der Waals surface area contributed by atoms with Crippen molar-refractivity contribution in [3.05, 3.63) is 52.8 Å². The van der Waals surface area contributed by atoms with Crippen LogP contribution in [0.25, 0.3) is 10.8 Å². The first-order chi connectivity index (χ1) is 14.5. The molecule has 154 valence electrons. The van der Waals surface area contributed by atoms with Gasteiger partial charge in [0.1, 0.15) is 5.82 Å². The summed E-state index contributed by atoms with van der Waals surface area (Å²) >= 11 is 0. The van der Waals surface area contributed by atoms with Crippen LogP contribution in [-0.4, -0.2) is 41.4 Å². The number of fused-ring (bicyclic) bond motifs is 1. The average molecular weight is 402 g/mol. The summed E-state index contributed by atoms with van der Waals surface area (Å²) in [5.74, 6) is 1.66. The van der Waals surface area contributed by atoms with Crippen LogP contribution in [0.1, 0.15) is 41.8 Å². The summed E-state index contributed by atoms with van der Waals surface area (Å²) in [5, 5.41) is 27.1. The molecule has 1 aliphatic rings. The van der Waals surface area contributed by atoms with E-state index in [-0.39, 0.29) is 6.04 Å². The van der Waals surface area contributed by atoms with E-state index in [2.05, 4.69) is 51.8 Å². The highest BCUT2D eigenvalue weighted by atomic mass is 15.2. The SMILES string of the molecule is Cc1c(C#N)cccc1[C@@H](C)Nc1nnc(C)c2cnc(N(C)[C@H]3CCNC3)cc12. The van der Waals surface area contributed by atoms with Gasteiger partial charge in [0.15, 0.2) is 5.82 Å². The van der Waals surface area contributed by atoms with E-state index in [4.69, 9.17) is 4.98 Å². The van der Waals surface area contributed by atoms with E-state index in [1.165, 1.54) is 0 Å². The predicted molar refractivity (Wildman–Crippen MR) is 120 cm³/mol. The smallest absolute Gasteiger partial charge is 0.157 e. The predicted octanol–water partition coefficient (Wildman–Crippen LogP) is 3.48. The molecule has 1 aromatic carbocycles. The minimum atomic E-state index is -0.0214. The van der Waals surface area contributed by atoms with E-state index < -0.39 is 0 Å². The van der Waals surface area contributed by atoms with Gasteiger partial charge in [0.25, 0.3) is 0 Å². The standard InChI is InChI=1S/C23H27N7/c1-14-17(11-24)6-5-7-19(14)15(2)27-23-20-10-22(30(4)18-8-9-25-12-18)26-13-21(20)16(3)28-29-23/h5-7,10,13,15,18,25H,8-9,12H2,1-4H3,(H,27,29)/t15-,18+/m1/s1. The number of aromatic nitrogens is 3. The molecule has 0 amide bonds. The van der Waals surface area contributed by atoms with Gasteiger partial charge >= 0.3 is 0 Å². The molecule has 7 heteroatoms. The average Bonchev–Trinajstić information content (AvgIpc) is 3.30. The summed E-state index contributed by atoms with van der Waals surface area (Å²) in [6.07, 6.45) is 3.01. The van der Waals surface area contributed by atoms with E-state index in [0.29, 0.717) is 11.6 Å². The molecule has 0 radical (unpaired) electrons. The van der Waals surface area contributed by atoms with Gasteiger partial charge in [-0.15, -0.1) is 5.10 Å². The molecule has 0 aliphatic carbocycles. The van der Waals surface area contributed by atoms with Crippen molar-refractivity contribution < 1.29 is 0 Å². The van der Waals surface area contributed by atoms with Gasteiger partial charge in [-0.3, -0.25) is 0 Å². The summed E-state index contributed by atoms with van der Waals surface area (Å²) in [7, 11) is 2.10. The Bertz CT molecular complexity index is 1110. The summed E-state index contributed by atoms with van der Waals surface area (Å²) in [5.41, 5.74) is 3.61. The topological polar surface area (TPSA) is 89.8 Å². The Morgan fingerprint density at radius 3 is 2.83 bits per heavy atom. The monoisotopic (exact) mass is 401 g/mol. The van der Waals surface area contributed by atoms with Crippen molar-refractivity contribution in [2.75, 3.05) is 30.4 Å². The number of hydrogen-bond acceptors (Lipinski definition) is 7. The molecule has 2 N–H and O–H groups in total. The molecule has 2 atom stereocenters. The highest BCUT2D eigenvalue weighted by Crippen LogP contribution is 2.30. The van der Waals surface area contributed by atoms with Crippen LogP contribution in [0.3, 0.4) is 0 Å². The summed E-state index contributed by atoms with van der Waals surface area (Å²) in [6.45, 7) is 8.03. The van der Waals surface area contributed by atoms with Crippen molar-refractivity contribution in [3.63, 3.8) is 0 Å². The maximum atomic E-state index is 9.35. The number of hydrogen-bond donors (Lipinski definition) is 2. The Hall–Kier alpha value is -3.24. The van der Waals surface area contributed by atoms with Crippen LogP contribution < -0.4 is 15.5 Å². The quantitative estimate of drug-likeness (QED) is 0.676. The zero-order valence-electron chi connectivity index (χ0n) is 17.9. The van der Waals surface area contributed by atoms with E-state index in [1.54, 1.807) is 0 Å². The van der Waals surface area contributed by atoms with Crippen LogP contribution in [0.2, 0.25) is 0 Å². The second kappa shape index (κ2) is 8.25. The molecule has 1 saturated heterocycles. The molecule has 0 bridgehead atoms. The normalized spacial score (nSPS) is 17.0. The zero-order valence-corrected chi connectivity index (χ0v) is 17.9. The van der Waals surface area contributed by atoms with Crippen molar-refractivity contribution >= 4 is 22.4 Å². The fourth-order valence-corrected chi connectivity index (χ4v) is 4.14. The van der Waals surface area contributed by atoms with E-state index in [1.807, 2.05) is 38.2 Å². The van der Waals surface area contributed by atoms with Gasteiger partial charge in [-0.25, -0.2) is 4.98 Å². The molecule has 3 heterocycles. The molecule has 2 aromatic heterocycles. The van der Waals surface area contributed by atoms with Crippen LogP contribution in [0.15, 0.2) is 30.5 Å². The van der Waals surface area contributed by atoms with Crippen LogP contribution in [0.4, 0.5) is 11.6 Å². The maximum Gasteiger partial charge on any atom is 0.157 e. The third-order valence-corrected chi connectivity index (χ3v) is 6.09. The van der Waals surface area contributed by atoms with Crippen LogP contribution in [0.5, 0.6) is 0 Å². The van der Waals surface area contributed by atoms with Crippen molar-refractivity contribution in [1.82, 2.24) is 20.5 Å². The Kier molecular flexibility index (Phi) is 5.51. The number of nitrogens with zero attached hydrogens (tertiary/aromatic N) is 5. The number of aryl methyl sites for hydroxylation is 1. The van der Waals surface area contributed by atoms with Gasteiger partial charge < -0.3 is 15.5 Å². The molecule has 1 fully saturated rings. The zero-order chi connectivity index (χ0) is 21.3. The van der Waals surface area contributed by atoms with Gasteiger partial charge in [0, 0.05) is 36.6 Å². The Balaban J connectivity index is 1.71. The fraction of sp³-hybridized carbons (Fsp3) is 0.391. The van der Waals surface area contributed by atoms with Crippen molar-refractivity contribution in [2.45, 2.75) is 39.3 Å². The molecule has 0 unspecified atom stereocenters. The summed E-state index contributed by atoms with van der Waals surface area (Å²) in [4.78, 5) is 6.93. The third kappa shape index (κ3) is 3.66. The van der Waals surface area contributed by atoms with E-state index in [9.17, 15) is 5.26 Å². The largest absolute Gasteiger partial charge is 0.362 e. The summed E-state index contributed by atoms with van der Waals surface area (Å²) in [6, 6.07) is 10.6. The highest BCUT2D eigenvalue weighted by molar-refractivity contribution is 5.94. The summed E-state index contributed by atoms with van der Waals surface area (Å²) < 4.78 is 0. The lowest BCUT2D eigenvalue weighted by Crippen LogP contribution is -2.33. The second-order valence-corrected chi connectivity index (χ2v) is 7.98. The minimum Gasteiger partial charge on any atom is -0.362 e.